The zero-order valence-corrected chi connectivity index (χ0v) is 81.2. The highest BCUT2D eigenvalue weighted by Gasteiger charge is 2.43. The molecule has 748 valence electrons. The van der Waals surface area contributed by atoms with Crippen LogP contribution in [0.15, 0.2) is 0 Å². The maximum absolute atomic E-state index is 15.2. The van der Waals surface area contributed by atoms with Crippen LogP contribution in [0.5, 0.6) is 0 Å². The van der Waals surface area contributed by atoms with E-state index in [9.17, 15) is 71.9 Å². The Hall–Kier alpha value is -8.76. The number of amides is 16. The minimum absolute atomic E-state index is 0.0368. The van der Waals surface area contributed by atoms with Gasteiger partial charge in [-0.2, -0.15) is 0 Å². The topological polar surface area (TPSA) is 653 Å². The van der Waals surface area contributed by atoms with Gasteiger partial charge in [0.15, 0.2) is 0 Å². The molecule has 16 amide bonds. The van der Waals surface area contributed by atoms with Crippen molar-refractivity contribution in [2.75, 3.05) is 52.4 Å². The van der Waals surface area contributed by atoms with Crippen molar-refractivity contribution >= 4 is 94.5 Å². The van der Waals surface area contributed by atoms with Crippen molar-refractivity contribution < 1.29 is 76.7 Å². The summed E-state index contributed by atoms with van der Waals surface area (Å²) in [4.78, 5) is 230. The van der Waals surface area contributed by atoms with E-state index in [1.54, 1.807) is 0 Å². The number of carbonyl (C=O) groups is 16. The van der Waals surface area contributed by atoms with Gasteiger partial charge in [-0.1, -0.05) is 96.9 Å². The number of unbranched alkanes of at least 4 members (excludes halogenated alkanes) is 7. The van der Waals surface area contributed by atoms with E-state index < -0.39 is 185 Å². The second kappa shape index (κ2) is 66.6. The monoisotopic (exact) mass is 1840 g/mol. The number of nitrogens with one attached hydrogen (secondary N) is 14. The number of carbonyl (C=O) groups excluding carboxylic acids is 16. The zero-order valence-electron chi connectivity index (χ0n) is 81.2. The summed E-state index contributed by atoms with van der Waals surface area (Å²) in [7, 11) is 0. The van der Waals surface area contributed by atoms with Crippen LogP contribution in [0.4, 0.5) is 0 Å². The molecule has 30 N–H and O–H groups in total. The van der Waals surface area contributed by atoms with Crippen LogP contribution in [0.1, 0.15) is 296 Å². The predicted octanol–water partition coefficient (Wildman–Crippen LogP) is 0.496. The molecule has 15 atom stereocenters. The van der Waals surface area contributed by atoms with Crippen molar-refractivity contribution in [1.29, 1.82) is 0 Å². The molecule has 0 bridgehead atoms. The molecule has 0 saturated carbocycles. The molecule has 39 heteroatoms. The first kappa shape index (κ1) is 119. The van der Waals surface area contributed by atoms with Gasteiger partial charge in [-0.15, -0.1) is 0 Å². The lowest BCUT2D eigenvalue weighted by molar-refractivity contribution is -0.143. The summed E-state index contributed by atoms with van der Waals surface area (Å²) in [6.45, 7) is 29.2. The Kier molecular flexibility index (Phi) is 61.1. The summed E-state index contributed by atoms with van der Waals surface area (Å²) >= 11 is 0. The Morgan fingerprint density at radius 2 is 0.423 bits per heavy atom. The molecule has 0 spiro atoms. The Morgan fingerprint density at radius 3 is 0.631 bits per heavy atom. The van der Waals surface area contributed by atoms with Crippen LogP contribution in [0.2, 0.25) is 0 Å². The van der Waals surface area contributed by atoms with E-state index in [2.05, 4.69) is 74.4 Å². The Labute approximate surface area is 773 Å². The molecule has 1 aliphatic heterocycles. The third-order valence-corrected chi connectivity index (χ3v) is 22.3. The summed E-state index contributed by atoms with van der Waals surface area (Å²) in [6.07, 6.45) is 8.52. The number of hydrogen-bond donors (Lipinski definition) is 22. The molecule has 39 nitrogen and oxygen atoms in total. The second-order valence-corrected chi connectivity index (χ2v) is 38.0. The minimum atomic E-state index is -1.31. The fraction of sp³-hybridized carbons (Fsp3) is 0.824. The molecule has 1 aliphatic rings. The molecule has 0 aliphatic carbocycles. The largest absolute Gasteiger partial charge is 0.368 e. The highest BCUT2D eigenvalue weighted by atomic mass is 16.2. The van der Waals surface area contributed by atoms with Crippen LogP contribution in [0.25, 0.3) is 0 Å². The van der Waals surface area contributed by atoms with E-state index in [-0.39, 0.29) is 170 Å². The molecule has 1 rings (SSSR count). The van der Waals surface area contributed by atoms with Crippen LogP contribution in [0, 0.1) is 41.4 Å². The summed E-state index contributed by atoms with van der Waals surface area (Å²) in [5, 5.41) is 39.4. The lowest BCUT2D eigenvalue weighted by Gasteiger charge is -2.32. The van der Waals surface area contributed by atoms with E-state index >= 15 is 4.79 Å². The minimum Gasteiger partial charge on any atom is -0.368 e. The number of nitrogens with zero attached hydrogens (tertiary/aromatic N) is 1. The fourth-order valence-electron chi connectivity index (χ4n) is 15.5. The van der Waals surface area contributed by atoms with Gasteiger partial charge in [0.05, 0.1) is 0 Å². The molecule has 1 saturated heterocycles. The van der Waals surface area contributed by atoms with Gasteiger partial charge in [0.25, 0.3) is 0 Å². The predicted molar refractivity (Wildman–Crippen MR) is 503 cm³/mol. The van der Waals surface area contributed by atoms with Crippen molar-refractivity contribution in [2.24, 2.45) is 87.3 Å². The average Bonchev–Trinajstić information content (AvgIpc) is 1.53. The van der Waals surface area contributed by atoms with Gasteiger partial charge in [0, 0.05) is 13.5 Å². The molecule has 0 aromatic heterocycles. The highest BCUT2D eigenvalue weighted by molar-refractivity contribution is 6.01. The van der Waals surface area contributed by atoms with E-state index in [1.807, 2.05) is 96.9 Å². The number of nitrogens with two attached hydrogens (primary N) is 8. The first-order chi connectivity index (χ1) is 61.4. The maximum atomic E-state index is 15.2. The lowest BCUT2D eigenvalue weighted by atomic mass is 9.98. The fourth-order valence-corrected chi connectivity index (χ4v) is 15.5. The van der Waals surface area contributed by atoms with Gasteiger partial charge in [-0.25, -0.2) is 0 Å². The zero-order chi connectivity index (χ0) is 98.3. The van der Waals surface area contributed by atoms with Crippen molar-refractivity contribution in [3.8, 4) is 0 Å². The van der Waals surface area contributed by atoms with E-state index in [0.717, 1.165) is 0 Å². The van der Waals surface area contributed by atoms with Crippen LogP contribution in [0.3, 0.4) is 0 Å². The molecular weight excluding hydrogens is 1670 g/mol. The van der Waals surface area contributed by atoms with E-state index in [1.165, 1.54) is 11.8 Å². The molecule has 1 heterocycles. The van der Waals surface area contributed by atoms with Crippen molar-refractivity contribution in [1.82, 2.24) is 79.3 Å². The summed E-state index contributed by atoms with van der Waals surface area (Å²) < 4.78 is 0. The quantitative estimate of drug-likeness (QED) is 0.0369. The summed E-state index contributed by atoms with van der Waals surface area (Å²) in [5.74, 6) is -12.2. The van der Waals surface area contributed by atoms with Crippen LogP contribution < -0.4 is 120 Å². The van der Waals surface area contributed by atoms with Gasteiger partial charge < -0.3 is 125 Å². The lowest BCUT2D eigenvalue weighted by Crippen LogP contribution is -2.61. The summed E-state index contributed by atoms with van der Waals surface area (Å²) in [6, 6.07) is -18.0. The van der Waals surface area contributed by atoms with Crippen LogP contribution in [-0.4, -0.2) is 242 Å². The third-order valence-electron chi connectivity index (χ3n) is 22.3. The highest BCUT2D eigenvalue weighted by Crippen LogP contribution is 2.24. The third kappa shape index (κ3) is 49.1. The number of likely N-dealkylation sites (tertiary alicyclic amines) is 1. The maximum Gasteiger partial charge on any atom is 0.245 e. The van der Waals surface area contributed by atoms with E-state index in [0.29, 0.717) is 116 Å². The second-order valence-electron chi connectivity index (χ2n) is 38.0. The normalized spacial score (nSPS) is 16.0. The first-order valence-electron chi connectivity index (χ1n) is 48.1. The van der Waals surface area contributed by atoms with Crippen molar-refractivity contribution in [2.45, 2.75) is 387 Å². The Bertz CT molecular complexity index is 3440. The SMILES string of the molecule is CC(=O)N[C@@H](CCCCN)C(=O)N[C@@H](CC(C)C)C(=O)N[C@@H](CC(C)C)C(=O)N[C@@H](CCCCN)C(=O)N[C@@H](CC(C)C)C(=O)N[C@@H](CC(C)C)C(=O)N[C@@H](CCCCN)C(=O)N[C@@H](CCCCN)C(=O)N1CCC[C@H]1C(=O)N[C@@H](CC(C)C)C(=O)N[C@@H](CCCCN)C(=O)N[C@@H](CC(C)C)C(=O)N[C@@H](CC(C)C)C(=O)N[C@@H](CCCCN)C(=O)N[C@@H](CCCCN)C(N)=O. The van der Waals surface area contributed by atoms with Gasteiger partial charge in [0.2, 0.25) is 94.5 Å². The Balaban J connectivity index is 3.77. The van der Waals surface area contributed by atoms with Crippen LogP contribution in [-0.2, 0) is 76.7 Å². The van der Waals surface area contributed by atoms with Gasteiger partial charge in [-0.05, 0) is 280 Å². The molecule has 0 aromatic carbocycles. The molecular formula is C91H173N23O16. The number of rotatable bonds is 71. The smallest absolute Gasteiger partial charge is 0.245 e. The van der Waals surface area contributed by atoms with Gasteiger partial charge in [-0.3, -0.25) is 76.7 Å². The number of hydrogen-bond acceptors (Lipinski definition) is 23. The molecule has 0 unspecified atom stereocenters. The molecule has 0 radical (unpaired) electrons. The van der Waals surface area contributed by atoms with Crippen molar-refractivity contribution in [3.63, 3.8) is 0 Å². The van der Waals surface area contributed by atoms with E-state index in [4.69, 9.17) is 45.9 Å². The van der Waals surface area contributed by atoms with Crippen LogP contribution >= 0.6 is 0 Å². The molecule has 0 aromatic rings. The van der Waals surface area contributed by atoms with Gasteiger partial charge >= 0.3 is 0 Å². The average molecular weight is 1850 g/mol. The Morgan fingerprint density at radius 1 is 0.246 bits per heavy atom. The van der Waals surface area contributed by atoms with Gasteiger partial charge in [0.1, 0.15) is 90.6 Å². The standard InChI is InChI=1S/C91H173N23O16/c1-54(2)47-69(83(122)102-64(33-18-25-41-94)79(118)101-62(77(99)116)31-16-23-39-92)111-88(127)74(52-59(11)12)109-82(121)67(36-21-28-44-97)105-86(125)75(53-60(13)14)113-90(129)76-38-30-46-114(76)91(130)68(37-22-29-45-98)106-80(119)65(34-19-26-42-95)103-84(123)70(48-55(3)4)112-89(128)73(51-58(9)10)108-81(120)66(35-20-27-43-96)104-85(124)71(49-56(5)6)110-87(126)72(50-57(7)8)107-78(117)63(100-61(15)115)32-17-24-40-93/h54-60,62-76H,16-53,92-98H2,1-15H3,(H2,99,116)(H,100,115)(H,101,118)(H,102,122)(H,103,123)(H,104,124)(H,105,125)(H,106,119)(H,107,117)(H,108,120)(H,109,121)(H,110,126)(H,111,127)(H,112,128)(H,113,129)/t62-,63-,64-,65-,66-,67-,68-,69-,70-,71-,72-,73-,74-,75-,76-/m0/s1. The molecule has 130 heavy (non-hydrogen) atoms. The number of primary amides is 1. The summed E-state index contributed by atoms with van der Waals surface area (Å²) in [5.41, 5.74) is 46.6. The first-order valence-corrected chi connectivity index (χ1v) is 48.1. The molecule has 1 fully saturated rings. The van der Waals surface area contributed by atoms with Crippen molar-refractivity contribution in [3.05, 3.63) is 0 Å².